The largest absolute Gasteiger partial charge is 0.390 e. The molecule has 5 aliphatic rings. The van der Waals surface area contributed by atoms with Crippen molar-refractivity contribution < 1.29 is 28.6 Å². The zero-order valence-corrected chi connectivity index (χ0v) is 22.0. The molecule has 3 N–H and O–H groups in total. The number of aromatic nitrogens is 2. The topological polar surface area (TPSA) is 107 Å². The van der Waals surface area contributed by atoms with Crippen molar-refractivity contribution in [1.82, 2.24) is 9.97 Å². The molecule has 9 atom stereocenters. The number of para-hydroxylation sites is 2. The quantitative estimate of drug-likeness (QED) is 0.554. The van der Waals surface area contributed by atoms with Gasteiger partial charge in [-0.1, -0.05) is 25.1 Å². The summed E-state index contributed by atoms with van der Waals surface area (Å²) in [5.74, 6) is -1.52. The van der Waals surface area contributed by atoms with Crippen LogP contribution in [0.1, 0.15) is 33.1 Å². The van der Waals surface area contributed by atoms with E-state index in [1.165, 1.54) is 18.2 Å². The van der Waals surface area contributed by atoms with E-state index in [4.69, 9.17) is 4.98 Å². The van der Waals surface area contributed by atoms with E-state index in [0.29, 0.717) is 18.9 Å². The Morgan fingerprint density at radius 2 is 2.00 bits per heavy atom. The average Bonchev–Trinajstić information content (AvgIpc) is 3.57. The van der Waals surface area contributed by atoms with Gasteiger partial charge in [0.25, 0.3) is 0 Å². The fourth-order valence-electron chi connectivity index (χ4n) is 9.67. The number of Topliss-reactive ketones (excluding diaryl/α,β-unsaturated/α-hetero) is 1. The van der Waals surface area contributed by atoms with Gasteiger partial charge in [0.1, 0.15) is 12.8 Å². The molecule has 0 radical (unpaired) electrons. The van der Waals surface area contributed by atoms with Gasteiger partial charge in [-0.15, -0.1) is 0 Å². The van der Waals surface area contributed by atoms with Crippen LogP contribution in [-0.2, 0) is 9.59 Å². The number of halogens is 2. The fourth-order valence-corrected chi connectivity index (χ4v) is 9.67. The highest BCUT2D eigenvalue weighted by atomic mass is 19.1. The molecule has 0 bridgehead atoms. The maximum absolute atomic E-state index is 17.5. The molecular formula is C30H33F2N3O4. The van der Waals surface area contributed by atoms with Crippen molar-refractivity contribution in [3.63, 3.8) is 0 Å². The Morgan fingerprint density at radius 1 is 1.23 bits per heavy atom. The van der Waals surface area contributed by atoms with Gasteiger partial charge in [-0.2, -0.15) is 0 Å². The molecule has 9 heteroatoms. The Labute approximate surface area is 225 Å². The number of carbonyl (C=O) groups excluding carboxylic acids is 2. The van der Waals surface area contributed by atoms with Crippen molar-refractivity contribution in [2.24, 2.45) is 34.0 Å². The van der Waals surface area contributed by atoms with Gasteiger partial charge < -0.3 is 20.1 Å². The van der Waals surface area contributed by atoms with Gasteiger partial charge in [0.2, 0.25) is 5.95 Å². The van der Waals surface area contributed by atoms with Crippen LogP contribution in [0.4, 0.5) is 14.7 Å². The molecule has 2 aromatic rings. The number of hydrogen-bond acceptors (Lipinski definition) is 6. The van der Waals surface area contributed by atoms with Gasteiger partial charge in [0, 0.05) is 24.4 Å². The minimum absolute atomic E-state index is 0.00247. The maximum Gasteiger partial charge on any atom is 0.203 e. The van der Waals surface area contributed by atoms with E-state index in [2.05, 4.69) is 4.98 Å². The predicted molar refractivity (Wildman–Crippen MR) is 140 cm³/mol. The highest BCUT2D eigenvalue weighted by Gasteiger charge is 2.78. The number of aromatic amines is 1. The van der Waals surface area contributed by atoms with Crippen LogP contribution >= 0.6 is 0 Å². The average molecular weight is 538 g/mol. The Balaban J connectivity index is 1.32. The molecule has 0 spiro atoms. The van der Waals surface area contributed by atoms with Gasteiger partial charge in [0.05, 0.1) is 22.6 Å². The first-order valence-electron chi connectivity index (χ1n) is 13.8. The number of nitrogens with zero attached hydrogens (tertiary/aromatic N) is 2. The van der Waals surface area contributed by atoms with Crippen molar-refractivity contribution >= 4 is 28.5 Å². The number of allylic oxidation sites excluding steroid dienone is 4. The molecule has 206 valence electrons. The van der Waals surface area contributed by atoms with Crippen molar-refractivity contribution in [2.75, 3.05) is 24.6 Å². The molecule has 39 heavy (non-hydrogen) atoms. The van der Waals surface area contributed by atoms with Gasteiger partial charge >= 0.3 is 0 Å². The highest BCUT2D eigenvalue weighted by Crippen LogP contribution is 2.74. The lowest BCUT2D eigenvalue weighted by molar-refractivity contribution is -0.210. The number of alkyl halides is 2. The number of aliphatic hydroxyl groups excluding tert-OH is 2. The van der Waals surface area contributed by atoms with E-state index in [9.17, 15) is 19.8 Å². The van der Waals surface area contributed by atoms with Crippen LogP contribution in [0.2, 0.25) is 0 Å². The van der Waals surface area contributed by atoms with E-state index < -0.39 is 46.7 Å². The smallest absolute Gasteiger partial charge is 0.203 e. The summed E-state index contributed by atoms with van der Waals surface area (Å²) in [5.41, 5.74) is -3.80. The number of aliphatic hydroxyl groups is 2. The van der Waals surface area contributed by atoms with Crippen molar-refractivity contribution in [2.45, 2.75) is 51.1 Å². The number of ketones is 2. The van der Waals surface area contributed by atoms with Crippen LogP contribution in [-0.4, -0.2) is 69.4 Å². The third kappa shape index (κ3) is 2.85. The summed E-state index contributed by atoms with van der Waals surface area (Å²) in [6, 6.07) is 7.66. The number of hydrogen-bond donors (Lipinski definition) is 3. The SMILES string of the molecule is C[C@]12C=CC(=O)C=C1[C@@H](F)C[C@H]1[C@@H]3C[C@H]4CN(c5nc6ccccc6[nH]5)C[C@]4(C(=O)CO)[C@@]3(C)C[C@H](O)[C@@]12F. The number of benzene rings is 1. The third-order valence-electron chi connectivity index (χ3n) is 11.5. The number of anilines is 1. The second kappa shape index (κ2) is 7.85. The first kappa shape index (κ1) is 25.1. The maximum atomic E-state index is 17.5. The second-order valence-corrected chi connectivity index (χ2v) is 12.8. The summed E-state index contributed by atoms with van der Waals surface area (Å²) >= 11 is 0. The van der Waals surface area contributed by atoms with Crippen LogP contribution < -0.4 is 4.90 Å². The van der Waals surface area contributed by atoms with E-state index in [1.807, 2.05) is 36.1 Å². The summed E-state index contributed by atoms with van der Waals surface area (Å²) in [4.78, 5) is 35.9. The van der Waals surface area contributed by atoms with Gasteiger partial charge in [-0.3, -0.25) is 9.59 Å². The lowest BCUT2D eigenvalue weighted by Gasteiger charge is -2.63. The molecule has 7 nitrogen and oxygen atoms in total. The third-order valence-corrected chi connectivity index (χ3v) is 11.5. The normalized spacial score (nSPS) is 44.6. The minimum Gasteiger partial charge on any atom is -0.390 e. The molecule has 1 aromatic heterocycles. The number of H-pyrrole nitrogens is 1. The minimum atomic E-state index is -2.19. The molecule has 4 fully saturated rings. The number of nitrogens with one attached hydrogen (secondary N) is 1. The second-order valence-electron chi connectivity index (χ2n) is 12.8. The summed E-state index contributed by atoms with van der Waals surface area (Å²) in [6.07, 6.45) is 1.21. The first-order valence-corrected chi connectivity index (χ1v) is 13.8. The van der Waals surface area contributed by atoms with Gasteiger partial charge in [0.15, 0.2) is 17.2 Å². The molecule has 1 aliphatic heterocycles. The van der Waals surface area contributed by atoms with E-state index in [1.54, 1.807) is 6.92 Å². The van der Waals surface area contributed by atoms with Gasteiger partial charge in [-0.05, 0) is 73.3 Å². The molecule has 7 rings (SSSR count). The van der Waals surface area contributed by atoms with Crippen LogP contribution in [0.15, 0.2) is 48.1 Å². The van der Waals surface area contributed by atoms with Crippen LogP contribution in [0.5, 0.6) is 0 Å². The van der Waals surface area contributed by atoms with Crippen LogP contribution in [0, 0.1) is 34.0 Å². The number of carbonyl (C=O) groups is 2. The lowest BCUT2D eigenvalue weighted by Crippen LogP contribution is -2.69. The van der Waals surface area contributed by atoms with E-state index in [0.717, 1.165) is 11.0 Å². The summed E-state index contributed by atoms with van der Waals surface area (Å²) < 4.78 is 33.3. The van der Waals surface area contributed by atoms with Crippen molar-refractivity contribution in [1.29, 1.82) is 0 Å². The number of fused-ring (bicyclic) bond motifs is 8. The zero-order chi connectivity index (χ0) is 27.5. The molecule has 0 unspecified atom stereocenters. The predicted octanol–water partition coefficient (Wildman–Crippen LogP) is 3.48. The molecule has 4 aliphatic carbocycles. The molecule has 1 saturated heterocycles. The Morgan fingerprint density at radius 3 is 2.74 bits per heavy atom. The lowest BCUT2D eigenvalue weighted by atomic mass is 9.43. The fraction of sp³-hybridized carbons (Fsp3) is 0.567. The molecule has 3 saturated carbocycles. The molecular weight excluding hydrogens is 504 g/mol. The van der Waals surface area contributed by atoms with Gasteiger partial charge in [-0.25, -0.2) is 13.8 Å². The highest BCUT2D eigenvalue weighted by molar-refractivity contribution is 6.01. The Bertz CT molecular complexity index is 1440. The Kier molecular flexibility index (Phi) is 5.05. The van der Waals surface area contributed by atoms with Crippen LogP contribution in [0.25, 0.3) is 11.0 Å². The summed E-state index contributed by atoms with van der Waals surface area (Å²) in [6.45, 7) is 3.61. The van der Waals surface area contributed by atoms with Crippen molar-refractivity contribution in [3.8, 4) is 0 Å². The summed E-state index contributed by atoms with van der Waals surface area (Å²) in [5, 5.41) is 21.8. The van der Waals surface area contributed by atoms with E-state index in [-0.39, 0.29) is 48.4 Å². The first-order chi connectivity index (χ1) is 18.5. The summed E-state index contributed by atoms with van der Waals surface area (Å²) in [7, 11) is 0. The zero-order valence-electron chi connectivity index (χ0n) is 22.0. The number of rotatable bonds is 3. The Hall–Kier alpha value is -2.91. The standard InChI is InChI=1S/C30H33F2N3O4/c1-27-8-7-17(37)10-20(27)21(31)11-19-18-9-16-13-35(26-33-22-5-3-4-6-23(22)34-26)15-29(16,25(39)14-36)28(18,2)12-24(38)30(19,27)32/h3-8,10,16,18-19,21,24,36,38H,9,11-15H2,1-2H3,(H,33,34)/t16-,18-,19-,21-,24-,27-,28-,29-,30-/m0/s1. The number of imidazole rings is 1. The van der Waals surface area contributed by atoms with E-state index >= 15 is 8.78 Å². The van der Waals surface area contributed by atoms with Crippen molar-refractivity contribution in [3.05, 3.63) is 48.1 Å². The van der Waals surface area contributed by atoms with Crippen LogP contribution in [0.3, 0.4) is 0 Å². The monoisotopic (exact) mass is 537 g/mol. The molecule has 0 amide bonds. The molecule has 2 heterocycles. The molecule has 1 aromatic carbocycles.